The van der Waals surface area contributed by atoms with Gasteiger partial charge in [-0.2, -0.15) is 0 Å². The molecule has 0 saturated heterocycles. The zero-order valence-corrected chi connectivity index (χ0v) is 6.54. The molecule has 0 unspecified atom stereocenters. The van der Waals surface area contributed by atoms with Crippen molar-refractivity contribution in [3.05, 3.63) is 0 Å². The Morgan fingerprint density at radius 2 is 1.00 bits per heavy atom. The summed E-state index contributed by atoms with van der Waals surface area (Å²) >= 11 is 0. The van der Waals surface area contributed by atoms with Crippen molar-refractivity contribution < 1.29 is 63.8 Å². The molecular weight excluding hydrogens is 99.4 g/mol. The molecule has 0 spiro atoms. The van der Waals surface area contributed by atoms with Crippen molar-refractivity contribution in [1.82, 2.24) is 6.15 Å². The van der Waals surface area contributed by atoms with Gasteiger partial charge >= 0.3 is 51.4 Å². The predicted octanol–water partition coefficient (Wildman–Crippen LogP) is -6.21. The molecule has 0 aliphatic heterocycles. The summed E-state index contributed by atoms with van der Waals surface area (Å²) in [6, 6.07) is 0. The van der Waals surface area contributed by atoms with Crippen LogP contribution in [0.15, 0.2) is 0 Å². The zero-order chi connectivity index (χ0) is 0. The van der Waals surface area contributed by atoms with E-state index in [0.29, 0.717) is 0 Å². The van der Waals surface area contributed by atoms with Crippen LogP contribution < -0.4 is 69.9 Å². The molecule has 0 aliphatic carbocycles. The average Bonchev–Trinajstić information content (AvgIpc) is 0. The van der Waals surface area contributed by atoms with Crippen molar-refractivity contribution in [3.63, 3.8) is 0 Å². The number of hydrogen-bond acceptors (Lipinski definition) is 1. The van der Waals surface area contributed by atoms with E-state index in [1.807, 2.05) is 0 Å². The van der Waals surface area contributed by atoms with Crippen LogP contribution in [0.4, 0.5) is 0 Å². The van der Waals surface area contributed by atoms with E-state index in [2.05, 4.69) is 0 Å². The van der Waals surface area contributed by atoms with Gasteiger partial charge in [-0.3, -0.25) is 0 Å². The van der Waals surface area contributed by atoms with Gasteiger partial charge < -0.3 is 18.6 Å². The largest absolute Gasteiger partial charge is 1.00 e. The fourth-order valence-electron chi connectivity index (χ4n) is 0. The first-order valence-corrected chi connectivity index (χ1v) is 0. The molecular formula is H3BClKN. The van der Waals surface area contributed by atoms with Gasteiger partial charge in [0, 0.05) is 8.41 Å². The normalized spacial score (nSPS) is 0. The SMILES string of the molecule is N.[B].[Cl-].[K+]. The molecule has 19 valence electrons. The molecule has 0 heterocycles. The van der Waals surface area contributed by atoms with Gasteiger partial charge in [0.15, 0.2) is 0 Å². The van der Waals surface area contributed by atoms with Gasteiger partial charge in [0.1, 0.15) is 0 Å². The third-order valence-electron chi connectivity index (χ3n) is 0. The second-order valence-electron chi connectivity index (χ2n) is 0. The molecule has 0 rings (SSSR count). The summed E-state index contributed by atoms with van der Waals surface area (Å²) in [5.41, 5.74) is 0. The van der Waals surface area contributed by atoms with Crippen LogP contribution in [-0.4, -0.2) is 8.41 Å². The first-order chi connectivity index (χ1) is 0. The minimum atomic E-state index is 0. The van der Waals surface area contributed by atoms with Gasteiger partial charge in [0.2, 0.25) is 0 Å². The van der Waals surface area contributed by atoms with Gasteiger partial charge in [-0.05, 0) is 0 Å². The molecule has 0 aliphatic rings. The minimum absolute atomic E-state index is 0. The van der Waals surface area contributed by atoms with Crippen LogP contribution in [0, 0.1) is 0 Å². The molecule has 3 radical (unpaired) electrons. The van der Waals surface area contributed by atoms with Crippen molar-refractivity contribution in [2.24, 2.45) is 0 Å². The molecule has 0 bridgehead atoms. The Hall–Kier alpha value is 1.95. The average molecular weight is 102 g/mol. The number of rotatable bonds is 0. The van der Waals surface area contributed by atoms with Crippen molar-refractivity contribution in [3.8, 4) is 0 Å². The van der Waals surface area contributed by atoms with Crippen LogP contribution in [0.3, 0.4) is 0 Å². The van der Waals surface area contributed by atoms with Crippen LogP contribution in [-0.2, 0) is 0 Å². The van der Waals surface area contributed by atoms with E-state index in [9.17, 15) is 0 Å². The summed E-state index contributed by atoms with van der Waals surface area (Å²) in [6.07, 6.45) is 0. The Bertz CT molecular complexity index is 8.00. The summed E-state index contributed by atoms with van der Waals surface area (Å²) in [6.45, 7) is 0. The Morgan fingerprint density at radius 3 is 1.00 bits per heavy atom. The second-order valence-corrected chi connectivity index (χ2v) is 0. The van der Waals surface area contributed by atoms with Crippen molar-refractivity contribution >= 4 is 8.41 Å². The first kappa shape index (κ1) is 38.3. The zero-order valence-electron chi connectivity index (χ0n) is 2.66. The van der Waals surface area contributed by atoms with Crippen molar-refractivity contribution in [1.29, 1.82) is 0 Å². The standard InChI is InChI=1S/B.ClH.K.H3N/h;1H;;1H3/q;;+1;/p-1. The predicted molar refractivity (Wildman–Crippen MR) is 10.8 cm³/mol. The van der Waals surface area contributed by atoms with E-state index in [1.165, 1.54) is 0 Å². The molecule has 0 fully saturated rings. The Balaban J connectivity index is 0. The van der Waals surface area contributed by atoms with E-state index in [0.717, 1.165) is 0 Å². The first-order valence-electron chi connectivity index (χ1n) is 0. The summed E-state index contributed by atoms with van der Waals surface area (Å²) in [5, 5.41) is 0. The van der Waals surface area contributed by atoms with E-state index in [1.54, 1.807) is 0 Å². The van der Waals surface area contributed by atoms with Crippen molar-refractivity contribution in [2.75, 3.05) is 0 Å². The molecule has 0 aromatic carbocycles. The van der Waals surface area contributed by atoms with E-state index in [4.69, 9.17) is 0 Å². The smallest absolute Gasteiger partial charge is 1.00 e. The van der Waals surface area contributed by atoms with Gasteiger partial charge in [0.05, 0.1) is 0 Å². The molecule has 0 saturated carbocycles. The van der Waals surface area contributed by atoms with Crippen molar-refractivity contribution in [2.45, 2.75) is 0 Å². The summed E-state index contributed by atoms with van der Waals surface area (Å²) in [5.74, 6) is 0. The molecule has 0 atom stereocenters. The maximum Gasteiger partial charge on any atom is 1.00 e. The van der Waals surface area contributed by atoms with Crippen LogP contribution in [0.2, 0.25) is 0 Å². The second kappa shape index (κ2) is 20.3. The van der Waals surface area contributed by atoms with Gasteiger partial charge in [-0.15, -0.1) is 0 Å². The molecule has 0 amide bonds. The van der Waals surface area contributed by atoms with Crippen LogP contribution >= 0.6 is 0 Å². The molecule has 4 heteroatoms. The molecule has 3 N–H and O–H groups in total. The number of halogens is 1. The summed E-state index contributed by atoms with van der Waals surface area (Å²) < 4.78 is 0. The Kier molecular flexibility index (Phi) is 194. The summed E-state index contributed by atoms with van der Waals surface area (Å²) in [7, 11) is 0. The van der Waals surface area contributed by atoms with Crippen LogP contribution in [0.1, 0.15) is 0 Å². The third kappa shape index (κ3) is 9.04. The quantitative estimate of drug-likeness (QED) is 0.304. The van der Waals surface area contributed by atoms with Gasteiger partial charge in [-0.25, -0.2) is 0 Å². The molecule has 0 aromatic heterocycles. The van der Waals surface area contributed by atoms with Gasteiger partial charge in [-0.1, -0.05) is 0 Å². The maximum atomic E-state index is 0. The monoisotopic (exact) mass is 102 g/mol. The van der Waals surface area contributed by atoms with E-state index in [-0.39, 0.29) is 78.4 Å². The van der Waals surface area contributed by atoms with Crippen LogP contribution in [0.5, 0.6) is 0 Å². The summed E-state index contributed by atoms with van der Waals surface area (Å²) in [4.78, 5) is 0. The molecule has 4 heavy (non-hydrogen) atoms. The maximum absolute atomic E-state index is 0. The number of hydrogen-bond donors (Lipinski definition) is 1. The molecule has 1 nitrogen and oxygen atoms in total. The fraction of sp³-hybridized carbons (Fsp3) is 0. The Morgan fingerprint density at radius 1 is 1.00 bits per heavy atom. The third-order valence-corrected chi connectivity index (χ3v) is 0. The van der Waals surface area contributed by atoms with Gasteiger partial charge in [0.25, 0.3) is 0 Å². The van der Waals surface area contributed by atoms with E-state index >= 15 is 0 Å². The molecule has 0 aromatic rings. The van der Waals surface area contributed by atoms with E-state index < -0.39 is 0 Å². The minimum Gasteiger partial charge on any atom is -1.00 e. The van der Waals surface area contributed by atoms with Crippen LogP contribution in [0.25, 0.3) is 0 Å². The fourth-order valence-corrected chi connectivity index (χ4v) is 0. The topological polar surface area (TPSA) is 35.0 Å². The Labute approximate surface area is 76.9 Å².